The second kappa shape index (κ2) is 6.93. The molecule has 140 valence electrons. The smallest absolute Gasteiger partial charge is 0.337 e. The fraction of sp³-hybridized carbons (Fsp3) is 0. The van der Waals surface area contributed by atoms with E-state index in [1.54, 1.807) is 12.1 Å². The molecule has 8 heteroatoms. The lowest BCUT2D eigenvalue weighted by atomic mass is 10.0. The number of phenols is 1. The van der Waals surface area contributed by atoms with Gasteiger partial charge in [0, 0.05) is 17.8 Å². The molecule has 8 nitrogen and oxygen atoms in total. The highest BCUT2D eigenvalue weighted by atomic mass is 16.9. The summed E-state index contributed by atoms with van der Waals surface area (Å²) in [6.07, 6.45) is 0. The summed E-state index contributed by atoms with van der Waals surface area (Å²) in [5.41, 5.74) is 3.70. The summed E-state index contributed by atoms with van der Waals surface area (Å²) < 4.78 is 0. The number of carboxylic acid groups (broad SMARTS) is 1. The zero-order valence-corrected chi connectivity index (χ0v) is 14.3. The number of benzene rings is 3. The number of carbonyl (C=O) groups excluding carboxylic acids is 1. The summed E-state index contributed by atoms with van der Waals surface area (Å²) in [4.78, 5) is 34.1. The predicted octanol–water partition coefficient (Wildman–Crippen LogP) is 3.20. The van der Waals surface area contributed by atoms with E-state index in [1.165, 1.54) is 18.2 Å². The first-order valence-electron chi connectivity index (χ1n) is 8.23. The molecule has 1 aliphatic heterocycles. The van der Waals surface area contributed by atoms with Crippen LogP contribution in [0.25, 0.3) is 11.1 Å². The monoisotopic (exact) mass is 378 g/mol. The number of carboxylic acids is 1. The van der Waals surface area contributed by atoms with Gasteiger partial charge in [0.2, 0.25) is 0 Å². The van der Waals surface area contributed by atoms with Crippen molar-refractivity contribution in [2.24, 2.45) is 0 Å². The fourth-order valence-electron chi connectivity index (χ4n) is 2.84. The summed E-state index contributed by atoms with van der Waals surface area (Å²) >= 11 is 0. The van der Waals surface area contributed by atoms with Crippen molar-refractivity contribution in [2.45, 2.75) is 0 Å². The third-order valence-electron chi connectivity index (χ3n) is 4.22. The van der Waals surface area contributed by atoms with Crippen LogP contribution in [-0.2, 0) is 0 Å². The molecule has 4 N–H and O–H groups in total. The Morgan fingerprint density at radius 3 is 2.29 bits per heavy atom. The average molecular weight is 378 g/mol. The van der Waals surface area contributed by atoms with Crippen molar-refractivity contribution in [3.8, 4) is 28.4 Å². The SMILES string of the molecule is O=C(Nc1cc(-c2ccccc2)ccc1C(=O)O)c1cc2c(cc1O)ONO2. The molecule has 0 saturated heterocycles. The predicted molar refractivity (Wildman–Crippen MR) is 99.3 cm³/mol. The number of fused-ring (bicyclic) bond motifs is 1. The molecule has 28 heavy (non-hydrogen) atoms. The van der Waals surface area contributed by atoms with Crippen molar-refractivity contribution in [3.63, 3.8) is 0 Å². The van der Waals surface area contributed by atoms with Crippen LogP contribution in [0, 0.1) is 0 Å². The Kier molecular flexibility index (Phi) is 4.30. The molecular weight excluding hydrogens is 364 g/mol. The zero-order chi connectivity index (χ0) is 19.7. The van der Waals surface area contributed by atoms with E-state index < -0.39 is 11.9 Å². The summed E-state index contributed by atoms with van der Waals surface area (Å²) in [6.45, 7) is 0. The summed E-state index contributed by atoms with van der Waals surface area (Å²) in [5.74, 6) is -1.76. The van der Waals surface area contributed by atoms with E-state index in [-0.39, 0.29) is 34.1 Å². The first-order chi connectivity index (χ1) is 13.5. The molecule has 4 rings (SSSR count). The van der Waals surface area contributed by atoms with Crippen LogP contribution in [0.3, 0.4) is 0 Å². The molecule has 0 spiro atoms. The van der Waals surface area contributed by atoms with E-state index in [1.807, 2.05) is 30.3 Å². The van der Waals surface area contributed by atoms with Gasteiger partial charge in [-0.1, -0.05) is 36.4 Å². The largest absolute Gasteiger partial charge is 0.507 e. The van der Waals surface area contributed by atoms with Crippen LogP contribution < -0.4 is 20.6 Å². The van der Waals surface area contributed by atoms with Crippen LogP contribution in [0.15, 0.2) is 60.7 Å². The van der Waals surface area contributed by atoms with Crippen molar-refractivity contribution in [3.05, 3.63) is 71.8 Å². The first kappa shape index (κ1) is 17.4. The third-order valence-corrected chi connectivity index (χ3v) is 4.22. The Labute approximate surface area is 158 Å². The topological polar surface area (TPSA) is 117 Å². The van der Waals surface area contributed by atoms with Gasteiger partial charge in [0.1, 0.15) is 5.75 Å². The van der Waals surface area contributed by atoms with Crippen molar-refractivity contribution >= 4 is 17.6 Å². The van der Waals surface area contributed by atoms with Crippen molar-refractivity contribution < 1.29 is 29.5 Å². The Balaban J connectivity index is 1.70. The van der Waals surface area contributed by atoms with Gasteiger partial charge in [-0.15, -0.1) is 0 Å². The number of carbonyl (C=O) groups is 2. The maximum Gasteiger partial charge on any atom is 0.337 e. The Morgan fingerprint density at radius 1 is 0.857 bits per heavy atom. The molecule has 1 heterocycles. The van der Waals surface area contributed by atoms with E-state index in [9.17, 15) is 19.8 Å². The van der Waals surface area contributed by atoms with E-state index >= 15 is 0 Å². The minimum Gasteiger partial charge on any atom is -0.507 e. The molecule has 3 aromatic rings. The number of anilines is 1. The average Bonchev–Trinajstić information content (AvgIpc) is 3.15. The van der Waals surface area contributed by atoms with Crippen molar-refractivity contribution in [2.75, 3.05) is 5.32 Å². The Bertz CT molecular complexity index is 1080. The minimum absolute atomic E-state index is 0.0741. The van der Waals surface area contributed by atoms with Crippen molar-refractivity contribution in [1.82, 2.24) is 5.64 Å². The third kappa shape index (κ3) is 3.19. The van der Waals surface area contributed by atoms with Gasteiger partial charge in [-0.2, -0.15) is 0 Å². The summed E-state index contributed by atoms with van der Waals surface area (Å²) in [7, 11) is 0. The Hall–Kier alpha value is -4.04. The van der Waals surface area contributed by atoms with Crippen LogP contribution >= 0.6 is 0 Å². The highest BCUT2D eigenvalue weighted by Gasteiger charge is 2.23. The van der Waals surface area contributed by atoms with Gasteiger partial charge in [0.25, 0.3) is 5.91 Å². The maximum atomic E-state index is 12.7. The van der Waals surface area contributed by atoms with Gasteiger partial charge < -0.3 is 25.2 Å². The lowest BCUT2D eigenvalue weighted by Gasteiger charge is -2.12. The van der Waals surface area contributed by atoms with Gasteiger partial charge in [0.05, 0.1) is 16.8 Å². The van der Waals surface area contributed by atoms with Crippen LogP contribution in [0.5, 0.6) is 17.2 Å². The quantitative estimate of drug-likeness (QED) is 0.551. The number of hydrogen-bond donors (Lipinski definition) is 4. The molecule has 1 aliphatic rings. The van der Waals surface area contributed by atoms with Gasteiger partial charge in [0.15, 0.2) is 11.5 Å². The maximum absolute atomic E-state index is 12.7. The molecule has 0 fully saturated rings. The van der Waals surface area contributed by atoms with Crippen LogP contribution in [0.1, 0.15) is 20.7 Å². The van der Waals surface area contributed by atoms with E-state index in [2.05, 4.69) is 11.0 Å². The van der Waals surface area contributed by atoms with Crippen molar-refractivity contribution in [1.29, 1.82) is 0 Å². The highest BCUT2D eigenvalue weighted by Crippen LogP contribution is 2.36. The molecule has 0 radical (unpaired) electrons. The molecule has 3 aromatic carbocycles. The number of nitrogens with one attached hydrogen (secondary N) is 2. The summed E-state index contributed by atoms with van der Waals surface area (Å²) in [5, 5.41) is 22.1. The minimum atomic E-state index is -1.19. The van der Waals surface area contributed by atoms with Crippen LogP contribution in [0.4, 0.5) is 5.69 Å². The fourth-order valence-corrected chi connectivity index (χ4v) is 2.84. The summed E-state index contributed by atoms with van der Waals surface area (Å²) in [6, 6.07) is 16.5. The second-order valence-corrected chi connectivity index (χ2v) is 5.99. The number of hydrogen-bond acceptors (Lipinski definition) is 6. The van der Waals surface area contributed by atoms with E-state index in [0.717, 1.165) is 11.1 Å². The molecule has 0 atom stereocenters. The lowest BCUT2D eigenvalue weighted by Crippen LogP contribution is -2.15. The number of rotatable bonds is 4. The molecule has 0 saturated carbocycles. The van der Waals surface area contributed by atoms with Gasteiger partial charge >= 0.3 is 5.97 Å². The second-order valence-electron chi connectivity index (χ2n) is 5.99. The van der Waals surface area contributed by atoms with Gasteiger partial charge in [-0.3, -0.25) is 4.79 Å². The lowest BCUT2D eigenvalue weighted by molar-refractivity contribution is 0.0259. The number of aromatic hydroxyl groups is 1. The molecule has 0 unspecified atom stereocenters. The van der Waals surface area contributed by atoms with E-state index in [0.29, 0.717) is 0 Å². The standard InChI is InChI=1S/C20H14N2O6/c23-16-10-18-17(27-22-28-18)9-14(16)19(24)21-15-8-12(6-7-13(15)20(25)26)11-4-2-1-3-5-11/h1-10,22-23H,(H,21,24)(H,25,26). The Morgan fingerprint density at radius 2 is 1.57 bits per heavy atom. The van der Waals surface area contributed by atoms with Gasteiger partial charge in [-0.25, -0.2) is 4.79 Å². The number of phenolic OH excluding ortho intramolecular Hbond substituents is 1. The van der Waals surface area contributed by atoms with Crippen LogP contribution in [-0.4, -0.2) is 22.1 Å². The highest BCUT2D eigenvalue weighted by molar-refractivity contribution is 6.09. The molecule has 1 amide bonds. The molecular formula is C20H14N2O6. The van der Waals surface area contributed by atoms with Crippen LogP contribution in [0.2, 0.25) is 0 Å². The molecule has 0 aliphatic carbocycles. The zero-order valence-electron chi connectivity index (χ0n) is 14.3. The first-order valence-corrected chi connectivity index (χ1v) is 8.23. The number of aromatic carboxylic acids is 1. The van der Waals surface area contributed by atoms with Gasteiger partial charge in [-0.05, 0) is 23.3 Å². The molecule has 0 aromatic heterocycles. The number of amides is 1. The molecule has 0 bridgehead atoms. The van der Waals surface area contributed by atoms with E-state index in [4.69, 9.17) is 9.68 Å². The normalized spacial score (nSPS) is 11.9.